The van der Waals surface area contributed by atoms with E-state index in [1.165, 1.54) is 0 Å². The first-order valence-corrected chi connectivity index (χ1v) is 10.3. The van der Waals surface area contributed by atoms with Crippen LogP contribution in [-0.2, 0) is 10.3 Å². The van der Waals surface area contributed by atoms with Crippen LogP contribution in [-0.4, -0.2) is 29.6 Å². The summed E-state index contributed by atoms with van der Waals surface area (Å²) in [5.41, 5.74) is 14.2. The smallest absolute Gasteiger partial charge is 0.320 e. The summed E-state index contributed by atoms with van der Waals surface area (Å²) in [4.78, 5) is 15.3. The lowest BCUT2D eigenvalue weighted by molar-refractivity contribution is -0.138. The fourth-order valence-corrected chi connectivity index (χ4v) is 3.65. The highest BCUT2D eigenvalue weighted by Gasteiger charge is 2.36. The fourth-order valence-electron chi connectivity index (χ4n) is 3.65. The molecule has 0 radical (unpaired) electrons. The highest BCUT2D eigenvalue weighted by molar-refractivity contribution is 5.80. The van der Waals surface area contributed by atoms with Crippen LogP contribution in [0.25, 0.3) is 0 Å². The lowest BCUT2D eigenvalue weighted by Crippen LogP contribution is -2.50. The van der Waals surface area contributed by atoms with Crippen LogP contribution in [0, 0.1) is 0 Å². The average Bonchev–Trinajstić information content (AvgIpc) is 2.82. The van der Waals surface area contributed by atoms with Crippen molar-refractivity contribution in [3.63, 3.8) is 0 Å². The number of nitrogens with one attached hydrogen (secondary N) is 1. The van der Waals surface area contributed by atoms with E-state index in [2.05, 4.69) is 46.7 Å². The number of rotatable bonds is 9. The van der Waals surface area contributed by atoms with E-state index in [4.69, 9.17) is 16.6 Å². The van der Waals surface area contributed by atoms with Gasteiger partial charge in [0.05, 0.1) is 0 Å². The Bertz CT molecular complexity index is 895. The normalized spacial score (nSPS) is 12.9. The van der Waals surface area contributed by atoms with Crippen molar-refractivity contribution in [2.75, 3.05) is 6.54 Å². The summed E-state index contributed by atoms with van der Waals surface area (Å²) < 4.78 is 0. The minimum absolute atomic E-state index is 0.278. The van der Waals surface area contributed by atoms with Gasteiger partial charge in [-0.1, -0.05) is 91.0 Å². The molecular formula is C25H28N4O2. The zero-order chi connectivity index (χ0) is 22.1. The van der Waals surface area contributed by atoms with Crippen LogP contribution in [0.4, 0.5) is 0 Å². The van der Waals surface area contributed by atoms with Crippen molar-refractivity contribution in [3.05, 3.63) is 108 Å². The highest BCUT2D eigenvalue weighted by Crippen LogP contribution is 2.36. The first kappa shape index (κ1) is 22.1. The van der Waals surface area contributed by atoms with Crippen LogP contribution in [0.15, 0.2) is 96.0 Å². The summed E-state index contributed by atoms with van der Waals surface area (Å²) in [7, 11) is 0. The maximum atomic E-state index is 10.9. The molecule has 0 bridgehead atoms. The van der Waals surface area contributed by atoms with Gasteiger partial charge in [0.2, 0.25) is 0 Å². The van der Waals surface area contributed by atoms with Gasteiger partial charge in [0.15, 0.2) is 5.96 Å². The molecule has 6 heteroatoms. The van der Waals surface area contributed by atoms with E-state index in [0.29, 0.717) is 19.4 Å². The number of carbonyl (C=O) groups is 1. The maximum Gasteiger partial charge on any atom is 0.320 e. The summed E-state index contributed by atoms with van der Waals surface area (Å²) in [5, 5.41) is 12.4. The third-order valence-electron chi connectivity index (χ3n) is 5.21. The predicted octanol–water partition coefficient (Wildman–Crippen LogP) is 3.07. The van der Waals surface area contributed by atoms with Gasteiger partial charge in [-0.3, -0.25) is 9.79 Å². The molecule has 0 aliphatic carbocycles. The number of carboxylic acids is 1. The Hall–Kier alpha value is -3.64. The van der Waals surface area contributed by atoms with Crippen LogP contribution in [0.5, 0.6) is 0 Å². The number of hydrogen-bond donors (Lipinski definition) is 4. The molecular weight excluding hydrogens is 388 g/mol. The largest absolute Gasteiger partial charge is 0.480 e. The van der Waals surface area contributed by atoms with E-state index < -0.39 is 17.6 Å². The molecule has 0 aliphatic rings. The fraction of sp³-hybridized carbons (Fsp3) is 0.200. The number of nitrogens with zero attached hydrogens (tertiary/aromatic N) is 1. The molecule has 3 aromatic rings. The van der Waals surface area contributed by atoms with Gasteiger partial charge in [-0.25, -0.2) is 0 Å². The SMILES string of the molecule is NC(=NCCC[C@H](N)C(=O)O)NC(c1ccccc1)(c1ccccc1)c1ccccc1. The van der Waals surface area contributed by atoms with Gasteiger partial charge in [-0.05, 0) is 29.5 Å². The number of carboxylic acid groups (broad SMARTS) is 1. The molecule has 0 aliphatic heterocycles. The number of benzene rings is 3. The molecule has 0 unspecified atom stereocenters. The standard InChI is InChI=1S/C25H28N4O2/c26-22(23(30)31)17-10-18-28-24(27)29-25(19-11-4-1-5-12-19,20-13-6-2-7-14-20)21-15-8-3-9-16-21/h1-9,11-16,22H,10,17-18,26H2,(H,30,31)(H3,27,28,29)/t22-/m0/s1. The Kier molecular flexibility index (Phi) is 7.40. The molecule has 3 aromatic carbocycles. The quantitative estimate of drug-likeness (QED) is 0.185. The Balaban J connectivity index is 1.98. The van der Waals surface area contributed by atoms with E-state index in [-0.39, 0.29) is 5.96 Å². The van der Waals surface area contributed by atoms with Crippen molar-refractivity contribution in [1.82, 2.24) is 5.32 Å². The average molecular weight is 417 g/mol. The Labute approximate surface area is 182 Å². The van der Waals surface area contributed by atoms with E-state index in [1.807, 2.05) is 54.6 Å². The van der Waals surface area contributed by atoms with Crippen LogP contribution < -0.4 is 16.8 Å². The molecule has 0 saturated carbocycles. The van der Waals surface area contributed by atoms with E-state index in [1.54, 1.807) is 0 Å². The second kappa shape index (κ2) is 10.4. The molecule has 1 atom stereocenters. The van der Waals surface area contributed by atoms with Crippen LogP contribution in [0.2, 0.25) is 0 Å². The van der Waals surface area contributed by atoms with Crippen LogP contribution in [0.1, 0.15) is 29.5 Å². The van der Waals surface area contributed by atoms with E-state index in [0.717, 1.165) is 16.7 Å². The molecule has 3 rings (SSSR count). The molecule has 6 nitrogen and oxygen atoms in total. The summed E-state index contributed by atoms with van der Waals surface area (Å²) in [5.74, 6) is -0.730. The van der Waals surface area contributed by atoms with Gasteiger partial charge in [0.25, 0.3) is 0 Å². The van der Waals surface area contributed by atoms with Crippen molar-refractivity contribution in [3.8, 4) is 0 Å². The number of aliphatic imine (C=N–C) groups is 1. The maximum absolute atomic E-state index is 10.9. The van der Waals surface area contributed by atoms with Crippen molar-refractivity contribution >= 4 is 11.9 Å². The van der Waals surface area contributed by atoms with Gasteiger partial charge >= 0.3 is 5.97 Å². The topological polar surface area (TPSA) is 114 Å². The molecule has 0 aromatic heterocycles. The number of hydrogen-bond acceptors (Lipinski definition) is 3. The van der Waals surface area contributed by atoms with Crippen molar-refractivity contribution in [1.29, 1.82) is 0 Å². The molecule has 0 heterocycles. The van der Waals surface area contributed by atoms with Gasteiger partial charge in [-0.2, -0.15) is 0 Å². The molecule has 0 saturated heterocycles. The van der Waals surface area contributed by atoms with Crippen molar-refractivity contribution in [2.45, 2.75) is 24.4 Å². The van der Waals surface area contributed by atoms with Gasteiger partial charge < -0.3 is 21.9 Å². The summed E-state index contributed by atoms with van der Waals surface area (Å²) in [6, 6.07) is 29.4. The van der Waals surface area contributed by atoms with Gasteiger partial charge in [0, 0.05) is 6.54 Å². The Morgan fingerprint density at radius 3 is 1.68 bits per heavy atom. The Morgan fingerprint density at radius 1 is 0.871 bits per heavy atom. The van der Waals surface area contributed by atoms with Gasteiger partial charge in [-0.15, -0.1) is 0 Å². The third kappa shape index (κ3) is 5.29. The number of nitrogens with two attached hydrogens (primary N) is 2. The van der Waals surface area contributed by atoms with Crippen molar-refractivity contribution < 1.29 is 9.90 Å². The predicted molar refractivity (Wildman–Crippen MR) is 124 cm³/mol. The van der Waals surface area contributed by atoms with E-state index in [9.17, 15) is 4.79 Å². The van der Waals surface area contributed by atoms with Crippen LogP contribution >= 0.6 is 0 Å². The lowest BCUT2D eigenvalue weighted by Gasteiger charge is -2.37. The number of guanidine groups is 1. The number of aliphatic carboxylic acids is 1. The molecule has 0 amide bonds. The molecule has 31 heavy (non-hydrogen) atoms. The molecule has 6 N–H and O–H groups in total. The van der Waals surface area contributed by atoms with Gasteiger partial charge in [0.1, 0.15) is 11.6 Å². The third-order valence-corrected chi connectivity index (χ3v) is 5.21. The lowest BCUT2D eigenvalue weighted by atomic mass is 9.77. The zero-order valence-corrected chi connectivity index (χ0v) is 17.3. The molecule has 160 valence electrons. The minimum Gasteiger partial charge on any atom is -0.480 e. The first-order valence-electron chi connectivity index (χ1n) is 10.3. The van der Waals surface area contributed by atoms with Crippen molar-refractivity contribution in [2.24, 2.45) is 16.5 Å². The minimum atomic E-state index is -1.01. The second-order valence-corrected chi connectivity index (χ2v) is 7.33. The van der Waals surface area contributed by atoms with E-state index >= 15 is 0 Å². The first-order chi connectivity index (χ1) is 15.0. The van der Waals surface area contributed by atoms with Crippen LogP contribution in [0.3, 0.4) is 0 Å². The summed E-state index contributed by atoms with van der Waals surface area (Å²) in [6.45, 7) is 0.383. The molecule has 0 fully saturated rings. The Morgan fingerprint density at radius 2 is 1.29 bits per heavy atom. The zero-order valence-electron chi connectivity index (χ0n) is 17.3. The molecule has 0 spiro atoms. The highest BCUT2D eigenvalue weighted by atomic mass is 16.4. The summed E-state index contributed by atoms with van der Waals surface area (Å²) in [6.07, 6.45) is 0.873. The monoisotopic (exact) mass is 416 g/mol. The second-order valence-electron chi connectivity index (χ2n) is 7.33. The summed E-state index contributed by atoms with van der Waals surface area (Å²) >= 11 is 0.